The molecule has 11 heavy (non-hydrogen) atoms. The lowest BCUT2D eigenvalue weighted by atomic mass is 9.98. The fourth-order valence-electron chi connectivity index (χ4n) is 1.53. The van der Waals surface area contributed by atoms with Gasteiger partial charge in [-0.3, -0.25) is 0 Å². The van der Waals surface area contributed by atoms with Gasteiger partial charge < -0.3 is 4.74 Å². The zero-order valence-electron chi connectivity index (χ0n) is 7.07. The summed E-state index contributed by atoms with van der Waals surface area (Å²) in [6.07, 6.45) is 1.84. The van der Waals surface area contributed by atoms with Crippen molar-refractivity contribution in [3.63, 3.8) is 0 Å². The number of hydrogen-bond acceptors (Lipinski definition) is 3. The molecule has 1 aliphatic heterocycles. The third-order valence-corrected chi connectivity index (χ3v) is 2.39. The maximum atomic E-state index is 10.0. The van der Waals surface area contributed by atoms with Gasteiger partial charge in [0.15, 0.2) is 0 Å². The van der Waals surface area contributed by atoms with Gasteiger partial charge in [0.05, 0.1) is 18.2 Å². The number of rotatable bonds is 1. The monoisotopic (exact) mass is 155 g/mol. The lowest BCUT2D eigenvalue weighted by Gasteiger charge is -2.09. The molecule has 0 spiro atoms. The Morgan fingerprint density at radius 3 is 2.27 bits per heavy atom. The molecule has 3 heteroatoms. The van der Waals surface area contributed by atoms with Crippen molar-refractivity contribution in [2.24, 2.45) is 10.9 Å². The van der Waals surface area contributed by atoms with Gasteiger partial charge in [0.25, 0.3) is 0 Å². The molecule has 62 valence electrons. The lowest BCUT2D eigenvalue weighted by molar-refractivity contribution is 0.0560. The van der Waals surface area contributed by atoms with Crippen LogP contribution in [0.3, 0.4) is 0 Å². The summed E-state index contributed by atoms with van der Waals surface area (Å²) in [7, 11) is 0. The Hall–Kier alpha value is -0.660. The van der Waals surface area contributed by atoms with Crippen LogP contribution in [-0.4, -0.2) is 24.3 Å². The Morgan fingerprint density at radius 2 is 1.91 bits per heavy atom. The van der Waals surface area contributed by atoms with Gasteiger partial charge in [0.1, 0.15) is 0 Å². The van der Waals surface area contributed by atoms with E-state index in [0.717, 1.165) is 0 Å². The second-order valence-corrected chi connectivity index (χ2v) is 3.12. The molecular formula is C8H13NO2. The Labute approximate surface area is 66.5 Å². The standard InChI is InChI=1S/C8H13NO2/c1-5-6(2)11-7(3)8(5)9-4-10/h5-8H,1-3H3. The molecular weight excluding hydrogens is 142 g/mol. The number of nitrogens with zero attached hydrogens (tertiary/aromatic N) is 1. The summed E-state index contributed by atoms with van der Waals surface area (Å²) in [6.45, 7) is 5.98. The van der Waals surface area contributed by atoms with E-state index in [9.17, 15) is 4.79 Å². The number of carbonyl (C=O) groups excluding carboxylic acids is 1. The van der Waals surface area contributed by atoms with Crippen molar-refractivity contribution in [1.82, 2.24) is 0 Å². The van der Waals surface area contributed by atoms with E-state index in [1.165, 1.54) is 0 Å². The molecule has 4 unspecified atom stereocenters. The SMILES string of the molecule is CC1OC(C)C(N=C=O)C1C. The highest BCUT2D eigenvalue weighted by molar-refractivity contribution is 5.34. The first-order valence-corrected chi connectivity index (χ1v) is 3.89. The van der Waals surface area contributed by atoms with Gasteiger partial charge in [-0.2, -0.15) is 4.99 Å². The molecule has 0 amide bonds. The average Bonchev–Trinajstić information content (AvgIpc) is 2.17. The number of isocyanates is 1. The summed E-state index contributed by atoms with van der Waals surface area (Å²) in [6, 6.07) is 0.00231. The largest absolute Gasteiger partial charge is 0.373 e. The summed E-state index contributed by atoms with van der Waals surface area (Å²) < 4.78 is 5.47. The van der Waals surface area contributed by atoms with Crippen LogP contribution in [0.4, 0.5) is 0 Å². The third kappa shape index (κ3) is 1.50. The van der Waals surface area contributed by atoms with Crippen LogP contribution in [0.15, 0.2) is 4.99 Å². The van der Waals surface area contributed by atoms with Crippen molar-refractivity contribution < 1.29 is 9.53 Å². The van der Waals surface area contributed by atoms with Crippen LogP contribution in [0.25, 0.3) is 0 Å². The summed E-state index contributed by atoms with van der Waals surface area (Å²) in [4.78, 5) is 13.7. The first-order valence-electron chi connectivity index (χ1n) is 3.89. The molecule has 0 aliphatic carbocycles. The minimum Gasteiger partial charge on any atom is -0.373 e. The molecule has 1 fully saturated rings. The molecule has 3 nitrogen and oxygen atoms in total. The minimum atomic E-state index is 0.00231. The summed E-state index contributed by atoms with van der Waals surface area (Å²) in [5.41, 5.74) is 0. The van der Waals surface area contributed by atoms with Crippen molar-refractivity contribution in [1.29, 1.82) is 0 Å². The molecule has 1 saturated heterocycles. The van der Waals surface area contributed by atoms with Crippen molar-refractivity contribution in [2.45, 2.75) is 39.0 Å². The highest BCUT2D eigenvalue weighted by Crippen LogP contribution is 2.28. The smallest absolute Gasteiger partial charge is 0.235 e. The molecule has 4 atom stereocenters. The van der Waals surface area contributed by atoms with Crippen LogP contribution in [0.5, 0.6) is 0 Å². The number of ether oxygens (including phenoxy) is 1. The fourth-order valence-corrected chi connectivity index (χ4v) is 1.53. The van der Waals surface area contributed by atoms with Crippen molar-refractivity contribution >= 4 is 6.08 Å². The predicted octanol–water partition coefficient (Wildman–Crippen LogP) is 1.13. The number of hydrogen-bond donors (Lipinski definition) is 0. The molecule has 0 bridgehead atoms. The Bertz CT molecular complexity index is 187. The second kappa shape index (κ2) is 3.16. The van der Waals surface area contributed by atoms with Gasteiger partial charge in [0.2, 0.25) is 6.08 Å². The van der Waals surface area contributed by atoms with Crippen molar-refractivity contribution in [3.05, 3.63) is 0 Å². The average molecular weight is 155 g/mol. The third-order valence-electron chi connectivity index (χ3n) is 2.39. The van der Waals surface area contributed by atoms with Crippen molar-refractivity contribution in [2.75, 3.05) is 0 Å². The van der Waals surface area contributed by atoms with Crippen LogP contribution in [0.1, 0.15) is 20.8 Å². The highest BCUT2D eigenvalue weighted by Gasteiger charge is 2.36. The second-order valence-electron chi connectivity index (χ2n) is 3.12. The van der Waals surface area contributed by atoms with Gasteiger partial charge in [-0.1, -0.05) is 6.92 Å². The zero-order valence-corrected chi connectivity index (χ0v) is 7.07. The van der Waals surface area contributed by atoms with Gasteiger partial charge >= 0.3 is 0 Å². The zero-order chi connectivity index (χ0) is 8.43. The van der Waals surface area contributed by atoms with E-state index >= 15 is 0 Å². The molecule has 0 aromatic rings. The van der Waals surface area contributed by atoms with Crippen LogP contribution < -0.4 is 0 Å². The maximum absolute atomic E-state index is 10.0. The van der Waals surface area contributed by atoms with Crippen LogP contribution in [0.2, 0.25) is 0 Å². The Kier molecular flexibility index (Phi) is 2.42. The molecule has 0 radical (unpaired) electrons. The summed E-state index contributed by atoms with van der Waals surface area (Å²) in [5, 5.41) is 0. The topological polar surface area (TPSA) is 38.7 Å². The summed E-state index contributed by atoms with van der Waals surface area (Å²) in [5.74, 6) is 0.325. The number of aliphatic imine (C=N–C) groups is 1. The van der Waals surface area contributed by atoms with Crippen LogP contribution in [-0.2, 0) is 9.53 Å². The van der Waals surface area contributed by atoms with E-state index < -0.39 is 0 Å². The molecule has 0 aromatic heterocycles. The van der Waals surface area contributed by atoms with E-state index in [0.29, 0.717) is 5.92 Å². The lowest BCUT2D eigenvalue weighted by Crippen LogP contribution is -2.20. The van der Waals surface area contributed by atoms with E-state index in [2.05, 4.69) is 4.99 Å². The first-order chi connectivity index (χ1) is 5.16. The molecule has 1 aliphatic rings. The maximum Gasteiger partial charge on any atom is 0.235 e. The van der Waals surface area contributed by atoms with Gasteiger partial charge in [-0.05, 0) is 13.8 Å². The Balaban J connectivity index is 2.70. The highest BCUT2D eigenvalue weighted by atomic mass is 16.5. The quantitative estimate of drug-likeness (QED) is 0.420. The Morgan fingerprint density at radius 1 is 1.27 bits per heavy atom. The van der Waals surface area contributed by atoms with Gasteiger partial charge in [-0.25, -0.2) is 4.79 Å². The molecule has 0 N–H and O–H groups in total. The molecule has 0 saturated carbocycles. The molecule has 1 rings (SSSR count). The van der Waals surface area contributed by atoms with Crippen LogP contribution >= 0.6 is 0 Å². The normalized spacial score (nSPS) is 43.5. The first kappa shape index (κ1) is 8.44. The predicted molar refractivity (Wildman–Crippen MR) is 41.1 cm³/mol. The van der Waals surface area contributed by atoms with Gasteiger partial charge in [0, 0.05) is 5.92 Å². The fraction of sp³-hybridized carbons (Fsp3) is 0.875. The van der Waals surface area contributed by atoms with E-state index in [1.807, 2.05) is 20.8 Å². The van der Waals surface area contributed by atoms with E-state index in [-0.39, 0.29) is 18.2 Å². The van der Waals surface area contributed by atoms with Crippen molar-refractivity contribution in [3.8, 4) is 0 Å². The molecule has 0 aromatic carbocycles. The van der Waals surface area contributed by atoms with E-state index in [1.54, 1.807) is 6.08 Å². The van der Waals surface area contributed by atoms with Crippen LogP contribution in [0, 0.1) is 5.92 Å². The molecule has 1 heterocycles. The van der Waals surface area contributed by atoms with E-state index in [4.69, 9.17) is 4.74 Å². The summed E-state index contributed by atoms with van der Waals surface area (Å²) >= 11 is 0. The van der Waals surface area contributed by atoms with Gasteiger partial charge in [-0.15, -0.1) is 0 Å². The minimum absolute atomic E-state index is 0.00231.